The molecule has 0 bridgehead atoms. The Morgan fingerprint density at radius 1 is 0.769 bits per heavy atom. The Morgan fingerprint density at radius 3 is 1.46 bits per heavy atom. The van der Waals surface area contributed by atoms with Crippen molar-refractivity contribution in [2.45, 2.75) is 30.5 Å². The smallest absolute Gasteiger partial charge is 0.111 e. The van der Waals surface area contributed by atoms with E-state index in [1.165, 1.54) is 0 Å². The summed E-state index contributed by atoms with van der Waals surface area (Å²) in [6.45, 7) is -0.942. The summed E-state index contributed by atoms with van der Waals surface area (Å²) < 4.78 is 4.92. The third kappa shape index (κ3) is 1.98. The van der Waals surface area contributed by atoms with Crippen LogP contribution < -0.4 is 0 Å². The fraction of sp³-hybridized carbons (Fsp3) is 1.00. The molecule has 0 aromatic carbocycles. The fourth-order valence-corrected chi connectivity index (χ4v) is 1.33. The van der Waals surface area contributed by atoms with E-state index in [1.54, 1.807) is 0 Å². The van der Waals surface area contributed by atoms with E-state index >= 15 is 0 Å². The molecule has 5 N–H and O–H groups in total. The minimum absolute atomic E-state index is 0.471. The highest BCUT2D eigenvalue weighted by molar-refractivity contribution is 4.91. The molecule has 6 heteroatoms. The normalized spacial score (nSPS) is 46.4. The van der Waals surface area contributed by atoms with Crippen LogP contribution in [0.1, 0.15) is 0 Å². The Labute approximate surface area is 75.0 Å². The van der Waals surface area contributed by atoms with E-state index in [0.29, 0.717) is 0 Å². The zero-order valence-corrected chi connectivity index (χ0v) is 6.95. The van der Waals surface area contributed by atoms with E-state index in [4.69, 9.17) is 14.9 Å². The molecular formula is C7H14O6. The molecule has 5 atom stereocenters. The van der Waals surface area contributed by atoms with Gasteiger partial charge in [0.2, 0.25) is 0 Å². The Balaban J connectivity index is 2.66. The predicted octanol–water partition coefficient (Wildman–Crippen LogP) is -3.18. The molecule has 1 heterocycles. The van der Waals surface area contributed by atoms with Crippen LogP contribution in [0.4, 0.5) is 0 Å². The molecule has 1 unspecified atom stereocenters. The molecule has 1 aliphatic rings. The highest BCUT2D eigenvalue weighted by Gasteiger charge is 2.42. The second kappa shape index (κ2) is 4.32. The van der Waals surface area contributed by atoms with E-state index in [1.807, 2.05) is 0 Å². The predicted molar refractivity (Wildman–Crippen MR) is 40.9 cm³/mol. The van der Waals surface area contributed by atoms with Crippen LogP contribution >= 0.6 is 0 Å². The summed E-state index contributed by atoms with van der Waals surface area (Å²) in [5, 5.41) is 45.2. The van der Waals surface area contributed by atoms with Gasteiger partial charge in [0.1, 0.15) is 30.5 Å². The Kier molecular flexibility index (Phi) is 3.60. The number of aliphatic hydroxyl groups excluding tert-OH is 5. The maximum Gasteiger partial charge on any atom is 0.111 e. The quantitative estimate of drug-likeness (QED) is 0.317. The molecule has 0 aliphatic carbocycles. The average Bonchev–Trinajstić information content (AvgIpc) is 2.15. The Hall–Kier alpha value is -0.240. The first kappa shape index (κ1) is 10.8. The lowest BCUT2D eigenvalue weighted by Gasteiger charge is -2.39. The third-order valence-corrected chi connectivity index (χ3v) is 2.17. The van der Waals surface area contributed by atoms with Gasteiger partial charge in [0, 0.05) is 0 Å². The highest BCUT2D eigenvalue weighted by Crippen LogP contribution is 2.20. The third-order valence-electron chi connectivity index (χ3n) is 2.17. The molecule has 1 fully saturated rings. The summed E-state index contributed by atoms with van der Waals surface area (Å²) in [5.41, 5.74) is 0. The maximum atomic E-state index is 9.25. The van der Waals surface area contributed by atoms with Crippen molar-refractivity contribution >= 4 is 0 Å². The van der Waals surface area contributed by atoms with Crippen LogP contribution in [0.2, 0.25) is 0 Å². The lowest BCUT2D eigenvalue weighted by atomic mass is 9.95. The summed E-state index contributed by atoms with van der Waals surface area (Å²) in [4.78, 5) is 0. The lowest BCUT2D eigenvalue weighted by Crippen LogP contribution is -2.59. The highest BCUT2D eigenvalue weighted by atomic mass is 16.6. The van der Waals surface area contributed by atoms with Gasteiger partial charge in [-0.1, -0.05) is 0 Å². The van der Waals surface area contributed by atoms with Gasteiger partial charge in [-0.3, -0.25) is 0 Å². The van der Waals surface area contributed by atoms with Crippen molar-refractivity contribution in [3.8, 4) is 0 Å². The van der Waals surface area contributed by atoms with Gasteiger partial charge in [-0.25, -0.2) is 0 Å². The number of hydrogen-bond acceptors (Lipinski definition) is 6. The molecule has 1 rings (SSSR count). The first-order chi connectivity index (χ1) is 6.11. The van der Waals surface area contributed by atoms with Gasteiger partial charge in [0.05, 0.1) is 13.2 Å². The number of hydrogen-bond donors (Lipinski definition) is 5. The van der Waals surface area contributed by atoms with Crippen LogP contribution in [0.25, 0.3) is 0 Å². The molecule has 0 spiro atoms. The SMILES string of the molecule is OC[C@@H]1O[C@@H](CO)[C@@H](O)C(O)[C@H]1O. The monoisotopic (exact) mass is 194 g/mol. The van der Waals surface area contributed by atoms with Crippen LogP contribution in [-0.2, 0) is 4.74 Å². The lowest BCUT2D eigenvalue weighted by molar-refractivity contribution is -0.235. The summed E-state index contributed by atoms with van der Waals surface area (Å²) in [5.74, 6) is 0. The van der Waals surface area contributed by atoms with Crippen molar-refractivity contribution in [2.75, 3.05) is 13.2 Å². The number of rotatable bonds is 2. The molecule has 0 saturated carbocycles. The molecule has 6 nitrogen and oxygen atoms in total. The molecule has 0 amide bonds. The molecule has 0 radical (unpaired) electrons. The van der Waals surface area contributed by atoms with Crippen LogP contribution in [0.3, 0.4) is 0 Å². The number of ether oxygens (including phenoxy) is 1. The molecule has 1 aliphatic heterocycles. The van der Waals surface area contributed by atoms with E-state index in [2.05, 4.69) is 0 Å². The van der Waals surface area contributed by atoms with Crippen LogP contribution in [0.5, 0.6) is 0 Å². The first-order valence-corrected chi connectivity index (χ1v) is 4.03. The van der Waals surface area contributed by atoms with Crippen molar-refractivity contribution < 1.29 is 30.3 Å². The average molecular weight is 194 g/mol. The van der Waals surface area contributed by atoms with Gasteiger partial charge in [0.15, 0.2) is 0 Å². The van der Waals surface area contributed by atoms with E-state index in [9.17, 15) is 15.3 Å². The van der Waals surface area contributed by atoms with Crippen LogP contribution in [0, 0.1) is 0 Å². The molecule has 1 saturated heterocycles. The van der Waals surface area contributed by atoms with Gasteiger partial charge in [-0.2, -0.15) is 0 Å². The Bertz CT molecular complexity index is 143. The molecule has 78 valence electrons. The van der Waals surface area contributed by atoms with Crippen LogP contribution in [-0.4, -0.2) is 69.3 Å². The van der Waals surface area contributed by atoms with Gasteiger partial charge < -0.3 is 30.3 Å². The molecule has 13 heavy (non-hydrogen) atoms. The fourth-order valence-electron chi connectivity index (χ4n) is 1.33. The van der Waals surface area contributed by atoms with Gasteiger partial charge >= 0.3 is 0 Å². The minimum Gasteiger partial charge on any atom is -0.394 e. The van der Waals surface area contributed by atoms with Crippen molar-refractivity contribution in [2.24, 2.45) is 0 Å². The van der Waals surface area contributed by atoms with E-state index < -0.39 is 43.7 Å². The number of aliphatic hydroxyl groups is 5. The van der Waals surface area contributed by atoms with Gasteiger partial charge in [-0.05, 0) is 0 Å². The van der Waals surface area contributed by atoms with Crippen molar-refractivity contribution in [3.63, 3.8) is 0 Å². The minimum atomic E-state index is -1.40. The van der Waals surface area contributed by atoms with E-state index in [-0.39, 0.29) is 0 Å². The van der Waals surface area contributed by atoms with Gasteiger partial charge in [0.25, 0.3) is 0 Å². The molecule has 0 aromatic heterocycles. The van der Waals surface area contributed by atoms with Crippen molar-refractivity contribution in [1.82, 2.24) is 0 Å². The van der Waals surface area contributed by atoms with Gasteiger partial charge in [-0.15, -0.1) is 0 Å². The Morgan fingerprint density at radius 2 is 1.15 bits per heavy atom. The zero-order chi connectivity index (χ0) is 10.0. The summed E-state index contributed by atoms with van der Waals surface area (Å²) in [6, 6.07) is 0. The topological polar surface area (TPSA) is 110 Å². The summed E-state index contributed by atoms with van der Waals surface area (Å²) in [7, 11) is 0. The van der Waals surface area contributed by atoms with Crippen molar-refractivity contribution in [3.05, 3.63) is 0 Å². The second-order valence-electron chi connectivity index (χ2n) is 3.05. The second-order valence-corrected chi connectivity index (χ2v) is 3.05. The summed E-state index contributed by atoms with van der Waals surface area (Å²) >= 11 is 0. The molecular weight excluding hydrogens is 180 g/mol. The van der Waals surface area contributed by atoms with Crippen molar-refractivity contribution in [1.29, 1.82) is 0 Å². The largest absolute Gasteiger partial charge is 0.394 e. The summed E-state index contributed by atoms with van der Waals surface area (Å²) in [6.07, 6.45) is -5.99. The maximum absolute atomic E-state index is 9.25. The first-order valence-electron chi connectivity index (χ1n) is 4.03. The zero-order valence-electron chi connectivity index (χ0n) is 6.95. The van der Waals surface area contributed by atoms with Crippen LogP contribution in [0.15, 0.2) is 0 Å². The standard InChI is InChI=1S/C7H14O6/c8-1-3-5(10)7(12)6(11)4(2-9)13-3/h3-12H,1-2H2/t3-,4-,5-,6+,7?/m0/s1. The molecule has 0 aromatic rings. The van der Waals surface area contributed by atoms with E-state index in [0.717, 1.165) is 0 Å².